The standard InChI is InChI=1S/C15H25N3O/c1-6-15(4,5)17-12-9-10-16-13(11-12)14(19)18(7-2)8-3/h9-11H,6-8H2,1-5H3,(H,16,17). The molecule has 19 heavy (non-hydrogen) atoms. The number of rotatable bonds is 6. The van der Waals surface area contributed by atoms with E-state index in [0.29, 0.717) is 18.8 Å². The quantitative estimate of drug-likeness (QED) is 0.857. The van der Waals surface area contributed by atoms with Crippen molar-refractivity contribution in [1.82, 2.24) is 9.88 Å². The van der Waals surface area contributed by atoms with Crippen LogP contribution in [0.3, 0.4) is 0 Å². The van der Waals surface area contributed by atoms with E-state index in [-0.39, 0.29) is 11.4 Å². The normalized spacial score (nSPS) is 11.2. The minimum Gasteiger partial charge on any atom is -0.380 e. The molecule has 1 heterocycles. The highest BCUT2D eigenvalue weighted by Crippen LogP contribution is 2.18. The summed E-state index contributed by atoms with van der Waals surface area (Å²) in [5, 5.41) is 3.43. The zero-order valence-electron chi connectivity index (χ0n) is 12.7. The number of hydrogen-bond acceptors (Lipinski definition) is 3. The number of carbonyl (C=O) groups is 1. The Bertz CT molecular complexity index is 425. The molecule has 0 fully saturated rings. The van der Waals surface area contributed by atoms with Gasteiger partial charge in [0.25, 0.3) is 5.91 Å². The van der Waals surface area contributed by atoms with Crippen molar-refractivity contribution in [3.05, 3.63) is 24.0 Å². The van der Waals surface area contributed by atoms with E-state index < -0.39 is 0 Å². The fraction of sp³-hybridized carbons (Fsp3) is 0.600. The van der Waals surface area contributed by atoms with Crippen LogP contribution in [0.5, 0.6) is 0 Å². The Hall–Kier alpha value is -1.58. The number of amides is 1. The molecule has 0 bridgehead atoms. The van der Waals surface area contributed by atoms with Crippen LogP contribution in [0.15, 0.2) is 18.3 Å². The summed E-state index contributed by atoms with van der Waals surface area (Å²) in [5.41, 5.74) is 1.45. The molecule has 0 aliphatic rings. The summed E-state index contributed by atoms with van der Waals surface area (Å²) in [4.78, 5) is 18.2. The van der Waals surface area contributed by atoms with Crippen LogP contribution in [0.2, 0.25) is 0 Å². The van der Waals surface area contributed by atoms with E-state index in [1.807, 2.05) is 26.0 Å². The number of pyridine rings is 1. The molecule has 1 amide bonds. The first kappa shape index (κ1) is 15.5. The molecule has 0 aromatic carbocycles. The number of nitrogens with one attached hydrogen (secondary N) is 1. The van der Waals surface area contributed by atoms with Crippen LogP contribution < -0.4 is 5.32 Å². The fourth-order valence-corrected chi connectivity index (χ4v) is 1.78. The van der Waals surface area contributed by atoms with Gasteiger partial charge >= 0.3 is 0 Å². The predicted octanol–water partition coefficient (Wildman–Crippen LogP) is 3.16. The molecule has 1 rings (SSSR count). The Labute approximate surface area is 116 Å². The first-order chi connectivity index (χ1) is 8.93. The van der Waals surface area contributed by atoms with Gasteiger partial charge in [0.15, 0.2) is 0 Å². The summed E-state index contributed by atoms with van der Waals surface area (Å²) in [7, 11) is 0. The van der Waals surface area contributed by atoms with Crippen LogP contribution >= 0.6 is 0 Å². The molecule has 1 aromatic rings. The van der Waals surface area contributed by atoms with Crippen molar-refractivity contribution in [2.24, 2.45) is 0 Å². The van der Waals surface area contributed by atoms with Gasteiger partial charge in [-0.05, 0) is 46.2 Å². The van der Waals surface area contributed by atoms with Crippen LogP contribution in [0.25, 0.3) is 0 Å². The number of hydrogen-bond donors (Lipinski definition) is 1. The molecule has 0 aliphatic carbocycles. The molecule has 0 saturated carbocycles. The average molecular weight is 263 g/mol. The number of anilines is 1. The summed E-state index contributed by atoms with van der Waals surface area (Å²) in [5.74, 6) is -0.0112. The summed E-state index contributed by atoms with van der Waals surface area (Å²) < 4.78 is 0. The molecule has 0 unspecified atom stereocenters. The van der Waals surface area contributed by atoms with Gasteiger partial charge in [-0.3, -0.25) is 9.78 Å². The van der Waals surface area contributed by atoms with Crippen molar-refractivity contribution in [3.63, 3.8) is 0 Å². The van der Waals surface area contributed by atoms with Gasteiger partial charge in [-0.15, -0.1) is 0 Å². The van der Waals surface area contributed by atoms with E-state index in [9.17, 15) is 4.79 Å². The van der Waals surface area contributed by atoms with Crippen molar-refractivity contribution in [3.8, 4) is 0 Å². The first-order valence-corrected chi connectivity index (χ1v) is 6.97. The van der Waals surface area contributed by atoms with Crippen LogP contribution in [0.4, 0.5) is 5.69 Å². The van der Waals surface area contributed by atoms with E-state index >= 15 is 0 Å². The molecule has 0 spiro atoms. The van der Waals surface area contributed by atoms with Gasteiger partial charge in [0.05, 0.1) is 0 Å². The first-order valence-electron chi connectivity index (χ1n) is 6.97. The number of aromatic nitrogens is 1. The van der Waals surface area contributed by atoms with Crippen molar-refractivity contribution in [2.45, 2.75) is 46.6 Å². The Kier molecular flexibility index (Phi) is 5.33. The lowest BCUT2D eigenvalue weighted by molar-refractivity contribution is 0.0767. The number of carbonyl (C=O) groups excluding carboxylic acids is 1. The van der Waals surface area contributed by atoms with Crippen molar-refractivity contribution in [2.75, 3.05) is 18.4 Å². The van der Waals surface area contributed by atoms with E-state index in [1.165, 1.54) is 0 Å². The van der Waals surface area contributed by atoms with Gasteiger partial charge in [0.2, 0.25) is 0 Å². The molecule has 0 aliphatic heterocycles. The molecule has 0 atom stereocenters. The van der Waals surface area contributed by atoms with Crippen LogP contribution in [0, 0.1) is 0 Å². The van der Waals surface area contributed by atoms with Gasteiger partial charge in [0.1, 0.15) is 5.69 Å². The molecule has 0 radical (unpaired) electrons. The van der Waals surface area contributed by atoms with Crippen LogP contribution in [-0.4, -0.2) is 34.4 Å². The monoisotopic (exact) mass is 263 g/mol. The maximum Gasteiger partial charge on any atom is 0.272 e. The van der Waals surface area contributed by atoms with E-state index in [4.69, 9.17) is 0 Å². The van der Waals surface area contributed by atoms with Gasteiger partial charge in [0, 0.05) is 30.5 Å². The Balaban J connectivity index is 2.91. The maximum absolute atomic E-state index is 12.2. The summed E-state index contributed by atoms with van der Waals surface area (Å²) in [6, 6.07) is 3.73. The van der Waals surface area contributed by atoms with Gasteiger partial charge in [-0.1, -0.05) is 6.92 Å². The van der Waals surface area contributed by atoms with Crippen LogP contribution in [0.1, 0.15) is 51.5 Å². The highest BCUT2D eigenvalue weighted by atomic mass is 16.2. The minimum atomic E-state index is -0.0112. The summed E-state index contributed by atoms with van der Waals surface area (Å²) >= 11 is 0. The van der Waals surface area contributed by atoms with E-state index in [2.05, 4.69) is 31.1 Å². The second-order valence-electron chi connectivity index (χ2n) is 5.27. The van der Waals surface area contributed by atoms with E-state index in [1.54, 1.807) is 11.1 Å². The lowest BCUT2D eigenvalue weighted by Crippen LogP contribution is -2.32. The van der Waals surface area contributed by atoms with Crippen molar-refractivity contribution >= 4 is 11.6 Å². The third kappa shape index (κ3) is 4.23. The molecule has 0 saturated heterocycles. The van der Waals surface area contributed by atoms with Gasteiger partial charge in [-0.2, -0.15) is 0 Å². The number of nitrogens with zero attached hydrogens (tertiary/aromatic N) is 2. The molecule has 4 nitrogen and oxygen atoms in total. The van der Waals surface area contributed by atoms with Crippen LogP contribution in [-0.2, 0) is 0 Å². The highest BCUT2D eigenvalue weighted by Gasteiger charge is 2.17. The molecule has 106 valence electrons. The topological polar surface area (TPSA) is 45.2 Å². The van der Waals surface area contributed by atoms with Crippen molar-refractivity contribution in [1.29, 1.82) is 0 Å². The smallest absolute Gasteiger partial charge is 0.272 e. The Morgan fingerprint density at radius 3 is 2.47 bits per heavy atom. The molecule has 4 heteroatoms. The second-order valence-corrected chi connectivity index (χ2v) is 5.27. The van der Waals surface area contributed by atoms with E-state index in [0.717, 1.165) is 12.1 Å². The summed E-state index contributed by atoms with van der Waals surface area (Å²) in [6.07, 6.45) is 2.69. The van der Waals surface area contributed by atoms with Gasteiger partial charge < -0.3 is 10.2 Å². The second kappa shape index (κ2) is 6.55. The fourth-order valence-electron chi connectivity index (χ4n) is 1.78. The Morgan fingerprint density at radius 2 is 1.95 bits per heavy atom. The third-order valence-corrected chi connectivity index (χ3v) is 3.40. The Morgan fingerprint density at radius 1 is 1.32 bits per heavy atom. The average Bonchev–Trinajstić information content (AvgIpc) is 2.40. The third-order valence-electron chi connectivity index (χ3n) is 3.40. The van der Waals surface area contributed by atoms with Gasteiger partial charge in [-0.25, -0.2) is 0 Å². The lowest BCUT2D eigenvalue weighted by Gasteiger charge is -2.26. The maximum atomic E-state index is 12.2. The lowest BCUT2D eigenvalue weighted by atomic mass is 10.0. The largest absolute Gasteiger partial charge is 0.380 e. The zero-order valence-corrected chi connectivity index (χ0v) is 12.7. The summed E-state index contributed by atoms with van der Waals surface area (Å²) in [6.45, 7) is 11.8. The minimum absolute atomic E-state index is 0.0108. The molecular formula is C15H25N3O. The molecular weight excluding hydrogens is 238 g/mol. The zero-order chi connectivity index (χ0) is 14.5. The predicted molar refractivity (Wildman–Crippen MR) is 79.5 cm³/mol. The SMILES string of the molecule is CCN(CC)C(=O)c1cc(NC(C)(C)CC)ccn1. The molecule has 1 aromatic heterocycles. The highest BCUT2D eigenvalue weighted by molar-refractivity contribution is 5.93. The molecule has 1 N–H and O–H groups in total. The van der Waals surface area contributed by atoms with Crippen molar-refractivity contribution < 1.29 is 4.79 Å².